The standard InChI is InChI=1S/C24H27ClN6O5S/c25-18-13-17(5-6-19(18)27-9-11-32)37(35,36)24(7-8-24)20-14-21(26)31-22(30-20)15-1-3-16(4-2-15)29-23(34)28-10-12-33/h1-6,13-14,27,32-33H,7-12H2,(H2,26,30,31)(H2,28,29,34). The SMILES string of the molecule is Nc1cc(C2(S(=O)(=O)c3ccc(NCCO)c(Cl)c3)CC2)nc(-c2ccc(NC(=O)NCCO)cc2)n1. The van der Waals surface area contributed by atoms with Crippen LogP contribution in [-0.2, 0) is 14.6 Å². The zero-order valence-corrected chi connectivity index (χ0v) is 21.3. The highest BCUT2D eigenvalue weighted by Crippen LogP contribution is 2.55. The van der Waals surface area contributed by atoms with Crippen LogP contribution in [0.25, 0.3) is 11.4 Å². The molecule has 196 valence electrons. The predicted molar refractivity (Wildman–Crippen MR) is 141 cm³/mol. The maximum Gasteiger partial charge on any atom is 0.319 e. The van der Waals surface area contributed by atoms with Crippen molar-refractivity contribution >= 4 is 44.7 Å². The molecule has 7 N–H and O–H groups in total. The molecular formula is C24H27ClN6O5S. The summed E-state index contributed by atoms with van der Waals surface area (Å²) in [5, 5.41) is 26.1. The summed E-state index contributed by atoms with van der Waals surface area (Å²) in [6.07, 6.45) is 0.748. The molecule has 1 aliphatic rings. The van der Waals surface area contributed by atoms with Crippen LogP contribution in [0.3, 0.4) is 0 Å². The predicted octanol–water partition coefficient (Wildman–Crippen LogP) is 2.36. The zero-order chi connectivity index (χ0) is 26.6. The first-order valence-electron chi connectivity index (χ1n) is 11.5. The molecule has 0 aliphatic heterocycles. The van der Waals surface area contributed by atoms with Crippen LogP contribution in [0.4, 0.5) is 22.0 Å². The van der Waals surface area contributed by atoms with Crippen LogP contribution >= 0.6 is 11.6 Å². The van der Waals surface area contributed by atoms with Crippen LogP contribution in [0.2, 0.25) is 5.02 Å². The first-order chi connectivity index (χ1) is 17.7. The molecule has 4 rings (SSSR count). The molecule has 1 fully saturated rings. The summed E-state index contributed by atoms with van der Waals surface area (Å²) in [5.74, 6) is 0.392. The number of nitrogen functional groups attached to an aromatic ring is 1. The number of aromatic nitrogens is 2. The molecule has 1 aromatic heterocycles. The van der Waals surface area contributed by atoms with Gasteiger partial charge in [0.15, 0.2) is 15.7 Å². The van der Waals surface area contributed by atoms with Crippen molar-refractivity contribution in [3.63, 3.8) is 0 Å². The molecular weight excluding hydrogens is 520 g/mol. The van der Waals surface area contributed by atoms with E-state index in [1.807, 2.05) is 0 Å². The van der Waals surface area contributed by atoms with E-state index in [0.717, 1.165) is 0 Å². The number of sulfone groups is 1. The number of halogens is 1. The largest absolute Gasteiger partial charge is 0.395 e. The van der Waals surface area contributed by atoms with E-state index in [1.54, 1.807) is 30.3 Å². The van der Waals surface area contributed by atoms with Crippen molar-refractivity contribution in [2.24, 2.45) is 0 Å². The molecule has 0 atom stereocenters. The van der Waals surface area contributed by atoms with Gasteiger partial charge in [-0.2, -0.15) is 0 Å². The van der Waals surface area contributed by atoms with E-state index >= 15 is 0 Å². The lowest BCUT2D eigenvalue weighted by Gasteiger charge is -2.18. The molecule has 13 heteroatoms. The molecule has 0 unspecified atom stereocenters. The zero-order valence-electron chi connectivity index (χ0n) is 19.7. The minimum absolute atomic E-state index is 0.0678. The lowest BCUT2D eigenvalue weighted by atomic mass is 10.1. The third-order valence-corrected chi connectivity index (χ3v) is 8.74. The van der Waals surface area contributed by atoms with Gasteiger partial charge in [-0.3, -0.25) is 0 Å². The third kappa shape index (κ3) is 5.62. The Bertz CT molecular complexity index is 1400. The van der Waals surface area contributed by atoms with E-state index in [2.05, 4.69) is 25.9 Å². The van der Waals surface area contributed by atoms with Gasteiger partial charge in [0.1, 0.15) is 10.6 Å². The Morgan fingerprint density at radius 2 is 1.73 bits per heavy atom. The second-order valence-electron chi connectivity index (χ2n) is 8.47. The molecule has 0 spiro atoms. The first-order valence-corrected chi connectivity index (χ1v) is 13.4. The summed E-state index contributed by atoms with van der Waals surface area (Å²) < 4.78 is 26.1. The monoisotopic (exact) mass is 546 g/mol. The van der Waals surface area contributed by atoms with Crippen LogP contribution in [0.15, 0.2) is 53.4 Å². The fraction of sp³-hybridized carbons (Fsp3) is 0.292. The van der Waals surface area contributed by atoms with E-state index in [0.29, 0.717) is 35.5 Å². The maximum absolute atomic E-state index is 13.7. The summed E-state index contributed by atoms with van der Waals surface area (Å²) >= 11 is 6.29. The molecule has 1 saturated carbocycles. The number of hydrogen-bond acceptors (Lipinski definition) is 9. The number of carbonyl (C=O) groups is 1. The number of amides is 2. The van der Waals surface area contributed by atoms with Crippen molar-refractivity contribution in [2.75, 3.05) is 42.7 Å². The average Bonchev–Trinajstić information content (AvgIpc) is 3.70. The Balaban J connectivity index is 1.61. The quantitative estimate of drug-likeness (QED) is 0.222. The van der Waals surface area contributed by atoms with Crippen molar-refractivity contribution in [3.8, 4) is 11.4 Å². The highest BCUT2D eigenvalue weighted by Gasteiger charge is 2.58. The number of carbonyl (C=O) groups excluding carboxylic acids is 1. The van der Waals surface area contributed by atoms with E-state index in [9.17, 15) is 13.2 Å². The molecule has 37 heavy (non-hydrogen) atoms. The number of nitrogens with one attached hydrogen (secondary N) is 3. The van der Waals surface area contributed by atoms with Gasteiger partial charge in [-0.25, -0.2) is 23.2 Å². The molecule has 1 heterocycles. The number of urea groups is 1. The summed E-state index contributed by atoms with van der Waals surface area (Å²) in [6, 6.07) is 12.1. The Morgan fingerprint density at radius 3 is 2.35 bits per heavy atom. The lowest BCUT2D eigenvalue weighted by Crippen LogP contribution is -2.30. The summed E-state index contributed by atoms with van der Waals surface area (Å²) in [6.45, 7) is 0.160. The lowest BCUT2D eigenvalue weighted by molar-refractivity contribution is 0.245. The van der Waals surface area contributed by atoms with Gasteiger partial charge in [0.2, 0.25) is 0 Å². The molecule has 1 aliphatic carbocycles. The smallest absolute Gasteiger partial charge is 0.319 e. The topological polar surface area (TPSA) is 180 Å². The van der Waals surface area contributed by atoms with E-state index in [1.165, 1.54) is 18.2 Å². The van der Waals surface area contributed by atoms with Crippen molar-refractivity contribution < 1.29 is 23.4 Å². The van der Waals surface area contributed by atoms with Crippen molar-refractivity contribution in [3.05, 3.63) is 59.2 Å². The Kier molecular flexibility index (Phi) is 7.83. The number of aliphatic hydroxyl groups excluding tert-OH is 2. The average molecular weight is 547 g/mol. The number of aliphatic hydroxyl groups is 2. The number of nitrogens with two attached hydrogens (primary N) is 1. The molecule has 0 bridgehead atoms. The fourth-order valence-corrected chi connectivity index (χ4v) is 6.18. The summed E-state index contributed by atoms with van der Waals surface area (Å²) in [5.41, 5.74) is 7.98. The van der Waals surface area contributed by atoms with Crippen molar-refractivity contribution in [1.82, 2.24) is 15.3 Å². The highest BCUT2D eigenvalue weighted by molar-refractivity contribution is 7.92. The van der Waals surface area contributed by atoms with Gasteiger partial charge in [0, 0.05) is 30.4 Å². The van der Waals surface area contributed by atoms with Gasteiger partial charge in [0.25, 0.3) is 0 Å². The maximum atomic E-state index is 13.7. The summed E-state index contributed by atoms with van der Waals surface area (Å²) in [7, 11) is -3.86. The Morgan fingerprint density at radius 1 is 1.03 bits per heavy atom. The fourth-order valence-electron chi connectivity index (χ4n) is 3.87. The van der Waals surface area contributed by atoms with Gasteiger partial charge < -0.3 is 31.9 Å². The normalized spacial score (nSPS) is 14.1. The molecule has 11 nitrogen and oxygen atoms in total. The van der Waals surface area contributed by atoms with Crippen LogP contribution in [0.1, 0.15) is 18.5 Å². The van der Waals surface area contributed by atoms with Gasteiger partial charge in [-0.1, -0.05) is 11.6 Å². The number of anilines is 3. The van der Waals surface area contributed by atoms with Gasteiger partial charge in [0.05, 0.1) is 34.5 Å². The molecule has 3 aromatic rings. The van der Waals surface area contributed by atoms with Crippen LogP contribution < -0.4 is 21.7 Å². The second kappa shape index (κ2) is 10.9. The van der Waals surface area contributed by atoms with Gasteiger partial charge in [-0.05, 0) is 55.3 Å². The molecule has 2 aromatic carbocycles. The van der Waals surface area contributed by atoms with Crippen LogP contribution in [0.5, 0.6) is 0 Å². The second-order valence-corrected chi connectivity index (χ2v) is 11.1. The Hall–Kier alpha value is -3.45. The van der Waals surface area contributed by atoms with Gasteiger partial charge in [-0.15, -0.1) is 0 Å². The molecule has 0 radical (unpaired) electrons. The number of rotatable bonds is 10. The number of nitrogens with zero attached hydrogens (tertiary/aromatic N) is 2. The minimum atomic E-state index is -3.86. The van der Waals surface area contributed by atoms with Gasteiger partial charge >= 0.3 is 6.03 Å². The number of hydrogen-bond donors (Lipinski definition) is 6. The van der Waals surface area contributed by atoms with Crippen molar-refractivity contribution in [1.29, 1.82) is 0 Å². The van der Waals surface area contributed by atoms with Crippen LogP contribution in [-0.4, -0.2) is 60.9 Å². The Labute approximate surface area is 219 Å². The van der Waals surface area contributed by atoms with E-state index < -0.39 is 20.6 Å². The number of benzene rings is 2. The highest BCUT2D eigenvalue weighted by atomic mass is 35.5. The summed E-state index contributed by atoms with van der Waals surface area (Å²) in [4.78, 5) is 20.7. The van der Waals surface area contributed by atoms with E-state index in [-0.39, 0.29) is 47.9 Å². The first kappa shape index (κ1) is 26.6. The van der Waals surface area contributed by atoms with Crippen LogP contribution in [0, 0.1) is 0 Å². The molecule has 0 saturated heterocycles. The van der Waals surface area contributed by atoms with E-state index in [4.69, 9.17) is 27.5 Å². The third-order valence-electron chi connectivity index (χ3n) is 5.91. The van der Waals surface area contributed by atoms with Crippen molar-refractivity contribution in [2.45, 2.75) is 22.5 Å². The molecule has 2 amide bonds. The minimum Gasteiger partial charge on any atom is -0.395 e.